The fraction of sp³-hybridized carbons (Fsp3) is 0.167. The number of nitrogens with zero attached hydrogens (tertiary/aromatic N) is 2. The molecule has 0 radical (unpaired) electrons. The number of fused-ring (bicyclic) bond motifs is 1. The predicted molar refractivity (Wildman–Crippen MR) is 119 cm³/mol. The van der Waals surface area contributed by atoms with Gasteiger partial charge in [0.15, 0.2) is 5.16 Å². The molecular weight excluding hydrogens is 378 g/mol. The van der Waals surface area contributed by atoms with Crippen LogP contribution in [-0.4, -0.2) is 20.7 Å². The van der Waals surface area contributed by atoms with E-state index in [1.165, 1.54) is 17.3 Å². The first-order chi connectivity index (χ1) is 14.1. The smallest absolute Gasteiger partial charge is 0.233 e. The number of benzene rings is 3. The van der Waals surface area contributed by atoms with Crippen LogP contribution in [0.2, 0.25) is 0 Å². The highest BCUT2D eigenvalue weighted by molar-refractivity contribution is 8.00. The number of rotatable bonds is 6. The summed E-state index contributed by atoms with van der Waals surface area (Å²) in [5.74, 6) is 0.00126. The van der Waals surface area contributed by atoms with E-state index in [2.05, 4.69) is 47.1 Å². The molecule has 0 fully saturated rings. The molecule has 4 rings (SSSR count). The second kappa shape index (κ2) is 8.53. The highest BCUT2D eigenvalue weighted by Gasteiger charge is 2.20. The van der Waals surface area contributed by atoms with Crippen LogP contribution in [0.25, 0.3) is 16.7 Å². The van der Waals surface area contributed by atoms with Crippen molar-refractivity contribution in [1.82, 2.24) is 14.9 Å². The van der Waals surface area contributed by atoms with Crippen molar-refractivity contribution < 1.29 is 4.79 Å². The van der Waals surface area contributed by atoms with Gasteiger partial charge < -0.3 is 5.32 Å². The fourth-order valence-electron chi connectivity index (χ4n) is 3.17. The van der Waals surface area contributed by atoms with Crippen LogP contribution in [0.4, 0.5) is 0 Å². The van der Waals surface area contributed by atoms with E-state index < -0.39 is 0 Å². The Labute approximate surface area is 175 Å². The van der Waals surface area contributed by atoms with Crippen LogP contribution in [0.1, 0.15) is 18.1 Å². The molecule has 0 bridgehead atoms. The third-order valence-electron chi connectivity index (χ3n) is 4.78. The van der Waals surface area contributed by atoms with Crippen LogP contribution in [-0.2, 0) is 11.3 Å². The number of carbonyl (C=O) groups excluding carboxylic acids is 1. The van der Waals surface area contributed by atoms with Gasteiger partial charge in [-0.3, -0.25) is 9.36 Å². The van der Waals surface area contributed by atoms with E-state index in [1.54, 1.807) is 0 Å². The largest absolute Gasteiger partial charge is 0.351 e. The molecule has 1 aromatic heterocycles. The number of imidazole rings is 1. The van der Waals surface area contributed by atoms with Crippen molar-refractivity contribution >= 4 is 28.7 Å². The Morgan fingerprint density at radius 1 is 1.00 bits per heavy atom. The number of hydrogen-bond acceptors (Lipinski definition) is 3. The number of hydrogen-bond donors (Lipinski definition) is 1. The minimum Gasteiger partial charge on any atom is -0.351 e. The molecule has 5 heteroatoms. The summed E-state index contributed by atoms with van der Waals surface area (Å²) in [4.78, 5) is 17.5. The van der Waals surface area contributed by atoms with Crippen LogP contribution in [0, 0.1) is 6.92 Å². The third-order valence-corrected chi connectivity index (χ3v) is 5.84. The lowest BCUT2D eigenvalue weighted by Crippen LogP contribution is -2.30. The monoisotopic (exact) mass is 401 g/mol. The van der Waals surface area contributed by atoms with Crippen molar-refractivity contribution in [2.24, 2.45) is 0 Å². The highest BCUT2D eigenvalue weighted by Crippen LogP contribution is 2.30. The maximum Gasteiger partial charge on any atom is 0.233 e. The van der Waals surface area contributed by atoms with Gasteiger partial charge in [-0.1, -0.05) is 71.9 Å². The zero-order valence-corrected chi connectivity index (χ0v) is 17.3. The van der Waals surface area contributed by atoms with Gasteiger partial charge >= 0.3 is 0 Å². The van der Waals surface area contributed by atoms with Crippen molar-refractivity contribution in [2.75, 3.05) is 0 Å². The summed E-state index contributed by atoms with van der Waals surface area (Å²) in [7, 11) is 0. The number of aryl methyl sites for hydroxylation is 1. The van der Waals surface area contributed by atoms with E-state index in [0.717, 1.165) is 27.4 Å². The average molecular weight is 402 g/mol. The van der Waals surface area contributed by atoms with E-state index in [0.29, 0.717) is 6.54 Å². The summed E-state index contributed by atoms with van der Waals surface area (Å²) < 4.78 is 2.13. The number of aromatic nitrogens is 2. The number of carbonyl (C=O) groups is 1. The molecule has 0 aliphatic rings. The molecule has 0 aliphatic carbocycles. The summed E-state index contributed by atoms with van der Waals surface area (Å²) in [6.45, 7) is 4.52. The predicted octanol–water partition coefficient (Wildman–Crippen LogP) is 5.13. The fourth-order valence-corrected chi connectivity index (χ4v) is 4.13. The maximum absolute atomic E-state index is 12.7. The van der Waals surface area contributed by atoms with E-state index in [1.807, 2.05) is 55.5 Å². The number of para-hydroxylation sites is 2. The Bertz CT molecular complexity index is 1120. The Morgan fingerprint density at radius 3 is 2.45 bits per heavy atom. The topological polar surface area (TPSA) is 46.9 Å². The molecule has 1 N–H and O–H groups in total. The Balaban J connectivity index is 1.57. The Kier molecular flexibility index (Phi) is 5.67. The Morgan fingerprint density at radius 2 is 1.69 bits per heavy atom. The standard InChI is InChI=1S/C24H23N3OS/c1-17-12-14-20(15-13-17)27-22-11-7-6-10-21(22)26-24(27)29-18(2)23(28)25-16-19-8-4-3-5-9-19/h3-15,18H,16H2,1-2H3,(H,25,28)/t18-/m1/s1. The Hall–Kier alpha value is -3.05. The lowest BCUT2D eigenvalue weighted by molar-refractivity contribution is -0.120. The molecule has 0 saturated carbocycles. The zero-order chi connectivity index (χ0) is 20.2. The van der Waals surface area contributed by atoms with Gasteiger partial charge in [-0.15, -0.1) is 0 Å². The molecule has 0 saturated heterocycles. The van der Waals surface area contributed by atoms with Gasteiger partial charge in [0, 0.05) is 12.2 Å². The number of amides is 1. The quantitative estimate of drug-likeness (QED) is 0.456. The minimum atomic E-state index is -0.264. The van der Waals surface area contributed by atoms with E-state index >= 15 is 0 Å². The molecule has 4 aromatic rings. The molecule has 0 spiro atoms. The molecule has 0 unspecified atom stereocenters. The van der Waals surface area contributed by atoms with E-state index in [4.69, 9.17) is 4.98 Å². The van der Waals surface area contributed by atoms with E-state index in [-0.39, 0.29) is 11.2 Å². The number of nitrogens with one attached hydrogen (secondary N) is 1. The lowest BCUT2D eigenvalue weighted by Gasteiger charge is -2.14. The molecule has 3 aromatic carbocycles. The van der Waals surface area contributed by atoms with Gasteiger partial charge in [0.05, 0.1) is 16.3 Å². The van der Waals surface area contributed by atoms with Crippen molar-refractivity contribution in [3.63, 3.8) is 0 Å². The molecule has 1 atom stereocenters. The molecule has 146 valence electrons. The average Bonchev–Trinajstić information content (AvgIpc) is 3.11. The van der Waals surface area contributed by atoms with Crippen molar-refractivity contribution in [2.45, 2.75) is 30.8 Å². The molecule has 1 amide bonds. The normalized spacial score (nSPS) is 12.1. The van der Waals surface area contributed by atoms with Crippen LogP contribution >= 0.6 is 11.8 Å². The lowest BCUT2D eigenvalue weighted by atomic mass is 10.2. The molecule has 29 heavy (non-hydrogen) atoms. The van der Waals surface area contributed by atoms with Gasteiger partial charge in [-0.2, -0.15) is 0 Å². The van der Waals surface area contributed by atoms with Crippen molar-refractivity contribution in [1.29, 1.82) is 0 Å². The number of thioether (sulfide) groups is 1. The first-order valence-electron chi connectivity index (χ1n) is 9.64. The van der Waals surface area contributed by atoms with E-state index in [9.17, 15) is 4.79 Å². The summed E-state index contributed by atoms with van der Waals surface area (Å²) in [5, 5.41) is 3.58. The van der Waals surface area contributed by atoms with Crippen molar-refractivity contribution in [3.8, 4) is 5.69 Å². The van der Waals surface area contributed by atoms with Gasteiger partial charge in [0.1, 0.15) is 0 Å². The molecule has 4 nitrogen and oxygen atoms in total. The second-order valence-electron chi connectivity index (χ2n) is 7.02. The third kappa shape index (κ3) is 4.35. The summed E-state index contributed by atoms with van der Waals surface area (Å²) in [5.41, 5.74) is 5.30. The van der Waals surface area contributed by atoms with Crippen LogP contribution in [0.3, 0.4) is 0 Å². The zero-order valence-electron chi connectivity index (χ0n) is 16.5. The minimum absolute atomic E-state index is 0.00126. The van der Waals surface area contributed by atoms with Crippen molar-refractivity contribution in [3.05, 3.63) is 90.0 Å². The van der Waals surface area contributed by atoms with Gasteiger partial charge in [-0.05, 0) is 43.7 Å². The van der Waals surface area contributed by atoms with Crippen LogP contribution in [0.5, 0.6) is 0 Å². The summed E-state index contributed by atoms with van der Waals surface area (Å²) in [6, 6.07) is 26.4. The van der Waals surface area contributed by atoms with Gasteiger partial charge in [0.2, 0.25) is 5.91 Å². The first kappa shape index (κ1) is 19.3. The molecular formula is C24H23N3OS. The van der Waals surface area contributed by atoms with Crippen LogP contribution < -0.4 is 5.32 Å². The van der Waals surface area contributed by atoms with Gasteiger partial charge in [-0.25, -0.2) is 4.98 Å². The molecule has 0 aliphatic heterocycles. The first-order valence-corrected chi connectivity index (χ1v) is 10.5. The maximum atomic E-state index is 12.7. The second-order valence-corrected chi connectivity index (χ2v) is 8.33. The summed E-state index contributed by atoms with van der Waals surface area (Å²) >= 11 is 1.48. The van der Waals surface area contributed by atoms with Gasteiger partial charge in [0.25, 0.3) is 0 Å². The molecule has 1 heterocycles. The summed E-state index contributed by atoms with van der Waals surface area (Å²) in [6.07, 6.45) is 0. The van der Waals surface area contributed by atoms with Crippen LogP contribution in [0.15, 0.2) is 84.0 Å². The highest BCUT2D eigenvalue weighted by atomic mass is 32.2. The SMILES string of the molecule is Cc1ccc(-n2c(S[C@H](C)C(=O)NCc3ccccc3)nc3ccccc32)cc1.